The molecule has 1 unspecified atom stereocenters. The lowest BCUT2D eigenvalue weighted by atomic mass is 9.97. The van der Waals surface area contributed by atoms with E-state index in [0.717, 1.165) is 24.3 Å². The fourth-order valence-electron chi connectivity index (χ4n) is 1.14. The minimum atomic E-state index is -6.57. The largest absolute Gasteiger partial charge is 0.743 e. The summed E-state index contributed by atoms with van der Waals surface area (Å²) in [4.78, 5) is 0. The minimum absolute atomic E-state index is 0.115. The quantitative estimate of drug-likeness (QED) is 0.471. The summed E-state index contributed by atoms with van der Waals surface area (Å²) in [5.74, 6) is -0.718. The number of ether oxygens (including phenoxy) is 1. The highest BCUT2D eigenvalue weighted by atomic mass is 32.2. The molecule has 11 heteroatoms. The molecule has 0 aliphatic rings. The van der Waals surface area contributed by atoms with Gasteiger partial charge in [0.2, 0.25) is 0 Å². The van der Waals surface area contributed by atoms with Crippen LogP contribution in [-0.4, -0.2) is 38.4 Å². The Bertz CT molecular complexity index is 569. The van der Waals surface area contributed by atoms with Crippen LogP contribution in [0.3, 0.4) is 0 Å². The molecular formula is C9H5BF5O4S-. The molecule has 1 aromatic rings. The molecular weight excluding hydrogens is 310 g/mol. The maximum Gasteiger partial charge on any atom is 0.432 e. The van der Waals surface area contributed by atoms with E-state index in [1.54, 1.807) is 0 Å². The van der Waals surface area contributed by atoms with Crippen LogP contribution >= 0.6 is 0 Å². The normalized spacial score (nSPS) is 14.9. The van der Waals surface area contributed by atoms with Gasteiger partial charge in [0.1, 0.15) is 13.6 Å². The molecule has 0 spiro atoms. The summed E-state index contributed by atoms with van der Waals surface area (Å²) in [6.07, 6.45) is -9.90. The zero-order valence-electron chi connectivity index (χ0n) is 9.40. The molecule has 110 valence electrons. The lowest BCUT2D eigenvalue weighted by Gasteiger charge is -2.30. The molecule has 0 saturated carbocycles. The van der Waals surface area contributed by atoms with Crippen LogP contribution < -0.4 is 10.2 Å². The molecule has 0 aliphatic carbocycles. The Hall–Kier alpha value is -1.36. The van der Waals surface area contributed by atoms with Crippen LogP contribution in [-0.2, 0) is 10.1 Å². The van der Waals surface area contributed by atoms with Crippen molar-refractivity contribution in [2.45, 2.75) is 17.5 Å². The highest BCUT2D eigenvalue weighted by Gasteiger charge is 2.62. The molecule has 1 aromatic carbocycles. The number of rotatable bonds is 4. The maximum atomic E-state index is 13.1. The first-order chi connectivity index (χ1) is 8.85. The van der Waals surface area contributed by atoms with Crippen LogP contribution in [0.2, 0.25) is 0 Å². The van der Waals surface area contributed by atoms with Crippen LogP contribution in [0.4, 0.5) is 22.0 Å². The molecule has 2 radical (unpaired) electrons. The van der Waals surface area contributed by atoms with Crippen molar-refractivity contribution in [3.63, 3.8) is 0 Å². The Morgan fingerprint density at radius 1 is 1.10 bits per heavy atom. The van der Waals surface area contributed by atoms with Gasteiger partial charge in [-0.3, -0.25) is 0 Å². The molecule has 1 rings (SSSR count). The number of benzene rings is 1. The zero-order valence-corrected chi connectivity index (χ0v) is 10.2. The Balaban J connectivity index is 3.19. The van der Waals surface area contributed by atoms with E-state index in [-0.39, 0.29) is 5.46 Å². The Kier molecular flexibility index (Phi) is 4.35. The lowest BCUT2D eigenvalue weighted by Crippen LogP contribution is -2.53. The zero-order chi connectivity index (χ0) is 15.8. The highest BCUT2D eigenvalue weighted by Crippen LogP contribution is 2.38. The second-order valence-electron chi connectivity index (χ2n) is 3.62. The number of hydrogen-bond donors (Lipinski definition) is 0. The van der Waals surface area contributed by atoms with E-state index >= 15 is 0 Å². The van der Waals surface area contributed by atoms with Crippen LogP contribution in [0.15, 0.2) is 24.3 Å². The van der Waals surface area contributed by atoms with Crippen molar-refractivity contribution >= 4 is 23.4 Å². The average Bonchev–Trinajstić information content (AvgIpc) is 2.24. The first-order valence-electron chi connectivity index (χ1n) is 4.78. The van der Waals surface area contributed by atoms with Crippen molar-refractivity contribution in [2.75, 3.05) is 0 Å². The van der Waals surface area contributed by atoms with Gasteiger partial charge < -0.3 is 9.29 Å². The van der Waals surface area contributed by atoms with Crippen molar-refractivity contribution in [1.82, 2.24) is 0 Å². The van der Waals surface area contributed by atoms with Crippen LogP contribution in [0, 0.1) is 0 Å². The molecule has 20 heavy (non-hydrogen) atoms. The molecule has 1 atom stereocenters. The van der Waals surface area contributed by atoms with Gasteiger partial charge in [-0.25, -0.2) is 8.42 Å². The van der Waals surface area contributed by atoms with Crippen molar-refractivity contribution in [2.24, 2.45) is 0 Å². The molecule has 0 aliphatic heterocycles. The van der Waals surface area contributed by atoms with Gasteiger partial charge in [-0.05, 0) is 12.1 Å². The van der Waals surface area contributed by atoms with E-state index in [0.29, 0.717) is 0 Å². The van der Waals surface area contributed by atoms with E-state index < -0.39 is 33.4 Å². The minimum Gasteiger partial charge on any atom is -0.743 e. The fourth-order valence-corrected chi connectivity index (χ4v) is 1.58. The van der Waals surface area contributed by atoms with Crippen molar-refractivity contribution in [3.05, 3.63) is 24.3 Å². The average molecular weight is 315 g/mol. The van der Waals surface area contributed by atoms with Gasteiger partial charge in [-0.1, -0.05) is 17.6 Å². The molecule has 0 fully saturated rings. The summed E-state index contributed by atoms with van der Waals surface area (Å²) in [5.41, 5.74) is 0.115. The van der Waals surface area contributed by atoms with Gasteiger partial charge in [-0.15, -0.1) is 0 Å². The topological polar surface area (TPSA) is 66.4 Å². The number of halogens is 5. The SMILES string of the molecule is [B]c1ccc(OC(C(F)(F)F)C(F)(F)S(=O)(=O)[O-])cc1. The van der Waals surface area contributed by atoms with Crippen molar-refractivity contribution in [1.29, 1.82) is 0 Å². The second-order valence-corrected chi connectivity index (χ2v) is 5.08. The molecule has 0 saturated heterocycles. The summed E-state index contributed by atoms with van der Waals surface area (Å²) in [5, 5.41) is -5.67. The molecule has 0 bridgehead atoms. The second kappa shape index (κ2) is 5.21. The highest BCUT2D eigenvalue weighted by molar-refractivity contribution is 7.86. The van der Waals surface area contributed by atoms with E-state index in [1.807, 2.05) is 0 Å². The third kappa shape index (κ3) is 3.60. The van der Waals surface area contributed by atoms with E-state index in [2.05, 4.69) is 4.74 Å². The predicted molar refractivity (Wildman–Crippen MR) is 56.9 cm³/mol. The van der Waals surface area contributed by atoms with E-state index in [1.165, 1.54) is 0 Å². The third-order valence-corrected chi connectivity index (χ3v) is 2.95. The number of alkyl halides is 5. The van der Waals surface area contributed by atoms with Crippen LogP contribution in [0.1, 0.15) is 0 Å². The van der Waals surface area contributed by atoms with Gasteiger partial charge in [0.25, 0.3) is 6.10 Å². The van der Waals surface area contributed by atoms with Gasteiger partial charge in [0.15, 0.2) is 10.1 Å². The Morgan fingerprint density at radius 2 is 1.55 bits per heavy atom. The third-order valence-electron chi connectivity index (χ3n) is 2.07. The summed E-state index contributed by atoms with van der Waals surface area (Å²) in [7, 11) is -1.34. The maximum absolute atomic E-state index is 13.1. The fraction of sp³-hybridized carbons (Fsp3) is 0.333. The lowest BCUT2D eigenvalue weighted by molar-refractivity contribution is -0.239. The van der Waals surface area contributed by atoms with Crippen LogP contribution in [0.25, 0.3) is 0 Å². The molecule has 0 aromatic heterocycles. The van der Waals surface area contributed by atoms with Crippen molar-refractivity contribution < 1.29 is 39.7 Å². The van der Waals surface area contributed by atoms with Gasteiger partial charge in [-0.2, -0.15) is 22.0 Å². The monoisotopic (exact) mass is 315 g/mol. The molecule has 0 heterocycles. The standard InChI is InChI=1S/C9H6BF5O4S/c10-5-1-3-6(4-2-5)19-7(8(11,12)13)9(14,15)20(16,17)18/h1-4,7H,(H,16,17,18)/p-1. The van der Waals surface area contributed by atoms with E-state index in [4.69, 9.17) is 7.85 Å². The molecule has 0 N–H and O–H groups in total. The summed E-state index contributed by atoms with van der Waals surface area (Å²) >= 11 is 0. The first kappa shape index (κ1) is 16.7. The predicted octanol–water partition coefficient (Wildman–Crippen LogP) is 0.928. The van der Waals surface area contributed by atoms with Crippen molar-refractivity contribution in [3.8, 4) is 5.75 Å². The Morgan fingerprint density at radius 3 is 1.90 bits per heavy atom. The Labute approximate surface area is 111 Å². The van der Waals surface area contributed by atoms with Gasteiger partial charge in [0, 0.05) is 0 Å². The smallest absolute Gasteiger partial charge is 0.432 e. The molecule has 4 nitrogen and oxygen atoms in total. The number of hydrogen-bond acceptors (Lipinski definition) is 4. The summed E-state index contributed by atoms with van der Waals surface area (Å²) < 4.78 is 98.4. The molecule has 0 amide bonds. The van der Waals surface area contributed by atoms with Gasteiger partial charge in [0.05, 0.1) is 0 Å². The van der Waals surface area contributed by atoms with Crippen LogP contribution in [0.5, 0.6) is 5.75 Å². The van der Waals surface area contributed by atoms with Gasteiger partial charge >= 0.3 is 11.4 Å². The first-order valence-corrected chi connectivity index (χ1v) is 6.18. The van der Waals surface area contributed by atoms with E-state index in [9.17, 15) is 34.9 Å². The summed E-state index contributed by atoms with van der Waals surface area (Å²) in [6.45, 7) is 0. The summed E-state index contributed by atoms with van der Waals surface area (Å²) in [6, 6.07) is 3.74.